The Bertz CT molecular complexity index is 962. The van der Waals surface area contributed by atoms with Crippen LogP contribution in [-0.2, 0) is 0 Å². The van der Waals surface area contributed by atoms with Crippen molar-refractivity contribution in [2.75, 3.05) is 5.32 Å². The van der Waals surface area contributed by atoms with E-state index in [9.17, 15) is 13.6 Å². The molecule has 3 aromatic rings. The highest BCUT2D eigenvalue weighted by Gasteiger charge is 2.13. The van der Waals surface area contributed by atoms with E-state index in [0.717, 1.165) is 0 Å². The maximum Gasteiger partial charge on any atom is 0.387 e. The van der Waals surface area contributed by atoms with E-state index in [1.165, 1.54) is 18.2 Å². The number of aromatic amines is 1. The Hall–Kier alpha value is -3.73. The number of nitriles is 1. The Kier molecular flexibility index (Phi) is 4.90. The molecule has 0 spiro atoms. The number of para-hydroxylation sites is 1. The second-order valence-corrected chi connectivity index (χ2v) is 5.18. The number of anilines is 1. The number of nitrogens with one attached hydrogen (secondary N) is 2. The van der Waals surface area contributed by atoms with Gasteiger partial charge in [-0.2, -0.15) is 19.1 Å². The lowest BCUT2D eigenvalue weighted by Gasteiger charge is -2.05. The van der Waals surface area contributed by atoms with Crippen molar-refractivity contribution >= 4 is 11.6 Å². The average molecular weight is 354 g/mol. The summed E-state index contributed by atoms with van der Waals surface area (Å²) in [6, 6.07) is 16.0. The fourth-order valence-corrected chi connectivity index (χ4v) is 2.27. The number of alkyl halides is 2. The molecule has 0 radical (unpaired) electrons. The Balaban J connectivity index is 1.75. The topological polar surface area (TPSA) is 90.8 Å². The summed E-state index contributed by atoms with van der Waals surface area (Å²) in [5.41, 5.74) is 2.02. The average Bonchev–Trinajstić information content (AvgIpc) is 3.12. The summed E-state index contributed by atoms with van der Waals surface area (Å²) in [4.78, 5) is 12.3. The highest BCUT2D eigenvalue weighted by atomic mass is 19.3. The summed E-state index contributed by atoms with van der Waals surface area (Å²) in [5.74, 6) is -0.422. The molecule has 1 heterocycles. The molecule has 130 valence electrons. The van der Waals surface area contributed by atoms with Crippen molar-refractivity contribution in [3.05, 3.63) is 65.9 Å². The summed E-state index contributed by atoms with van der Waals surface area (Å²) < 4.78 is 28.6. The third-order valence-corrected chi connectivity index (χ3v) is 3.49. The highest BCUT2D eigenvalue weighted by Crippen LogP contribution is 2.23. The van der Waals surface area contributed by atoms with Gasteiger partial charge < -0.3 is 10.1 Å². The molecule has 26 heavy (non-hydrogen) atoms. The highest BCUT2D eigenvalue weighted by molar-refractivity contribution is 6.04. The molecule has 0 bridgehead atoms. The molecule has 2 N–H and O–H groups in total. The second kappa shape index (κ2) is 7.44. The van der Waals surface area contributed by atoms with E-state index < -0.39 is 12.5 Å². The Morgan fingerprint density at radius 2 is 1.92 bits per heavy atom. The lowest BCUT2D eigenvalue weighted by molar-refractivity contribution is -0.0498. The van der Waals surface area contributed by atoms with Crippen molar-refractivity contribution in [2.45, 2.75) is 6.61 Å². The molecular weight excluding hydrogens is 342 g/mol. The zero-order valence-electron chi connectivity index (χ0n) is 13.2. The van der Waals surface area contributed by atoms with Gasteiger partial charge in [-0.25, -0.2) is 0 Å². The van der Waals surface area contributed by atoms with Gasteiger partial charge >= 0.3 is 6.61 Å². The fraction of sp³-hybridized carbons (Fsp3) is 0.0556. The van der Waals surface area contributed by atoms with E-state index in [0.29, 0.717) is 22.5 Å². The van der Waals surface area contributed by atoms with E-state index in [-0.39, 0.29) is 11.4 Å². The molecule has 0 aliphatic rings. The first-order valence-electron chi connectivity index (χ1n) is 7.48. The van der Waals surface area contributed by atoms with Gasteiger partial charge in [0.25, 0.3) is 5.91 Å². The third kappa shape index (κ3) is 3.84. The van der Waals surface area contributed by atoms with Crippen molar-refractivity contribution in [3.63, 3.8) is 0 Å². The lowest BCUT2D eigenvalue weighted by Crippen LogP contribution is -2.13. The van der Waals surface area contributed by atoms with E-state index in [1.807, 2.05) is 6.07 Å². The van der Waals surface area contributed by atoms with Gasteiger partial charge in [-0.05, 0) is 42.5 Å². The van der Waals surface area contributed by atoms with Crippen molar-refractivity contribution in [2.24, 2.45) is 0 Å². The number of amides is 1. The summed E-state index contributed by atoms with van der Waals surface area (Å²) in [7, 11) is 0. The molecule has 8 heteroatoms. The van der Waals surface area contributed by atoms with Gasteiger partial charge in [0.05, 0.1) is 16.9 Å². The Labute approximate surface area is 147 Å². The first kappa shape index (κ1) is 17.1. The Morgan fingerprint density at radius 1 is 1.19 bits per heavy atom. The van der Waals surface area contributed by atoms with Crippen LogP contribution in [-0.4, -0.2) is 22.7 Å². The smallest absolute Gasteiger partial charge is 0.387 e. The molecule has 6 nitrogen and oxygen atoms in total. The van der Waals surface area contributed by atoms with Crippen LogP contribution in [0, 0.1) is 11.3 Å². The van der Waals surface area contributed by atoms with Crippen molar-refractivity contribution in [1.82, 2.24) is 10.2 Å². The van der Waals surface area contributed by atoms with E-state index in [4.69, 9.17) is 5.26 Å². The quantitative estimate of drug-likeness (QED) is 0.729. The van der Waals surface area contributed by atoms with Crippen LogP contribution in [0.3, 0.4) is 0 Å². The first-order chi connectivity index (χ1) is 12.6. The number of H-pyrrole nitrogens is 1. The molecule has 0 aliphatic heterocycles. The summed E-state index contributed by atoms with van der Waals surface area (Å²) in [5, 5.41) is 18.3. The lowest BCUT2D eigenvalue weighted by atomic mass is 10.1. The SMILES string of the molecule is N#Cc1ccccc1NC(=O)c1cc(-c2ccc(OC(F)F)cc2)n[nH]1. The predicted octanol–water partition coefficient (Wildman–Crippen LogP) is 3.80. The second-order valence-electron chi connectivity index (χ2n) is 5.18. The molecular formula is C18H12F2N4O2. The van der Waals surface area contributed by atoms with Crippen molar-refractivity contribution in [3.8, 4) is 23.1 Å². The molecule has 0 saturated heterocycles. The van der Waals surface area contributed by atoms with Crippen LogP contribution in [0.15, 0.2) is 54.6 Å². The zero-order valence-corrected chi connectivity index (χ0v) is 13.2. The fourth-order valence-electron chi connectivity index (χ4n) is 2.27. The maximum absolute atomic E-state index is 12.3. The van der Waals surface area contributed by atoms with Crippen LogP contribution in [0.4, 0.5) is 14.5 Å². The number of aromatic nitrogens is 2. The van der Waals surface area contributed by atoms with Gasteiger partial charge in [-0.15, -0.1) is 0 Å². The minimum absolute atomic E-state index is 0.0327. The number of hydrogen-bond acceptors (Lipinski definition) is 4. The van der Waals surface area contributed by atoms with Crippen LogP contribution in [0.5, 0.6) is 5.75 Å². The van der Waals surface area contributed by atoms with Crippen LogP contribution in [0.2, 0.25) is 0 Å². The van der Waals surface area contributed by atoms with Gasteiger partial charge in [0, 0.05) is 5.56 Å². The molecule has 0 unspecified atom stereocenters. The molecule has 1 amide bonds. The van der Waals surface area contributed by atoms with Gasteiger partial charge in [-0.3, -0.25) is 9.89 Å². The van der Waals surface area contributed by atoms with Gasteiger partial charge in [-0.1, -0.05) is 12.1 Å². The van der Waals surface area contributed by atoms with Gasteiger partial charge in [0.15, 0.2) is 0 Å². The zero-order chi connectivity index (χ0) is 18.5. The molecule has 0 atom stereocenters. The number of carbonyl (C=O) groups is 1. The third-order valence-electron chi connectivity index (χ3n) is 3.49. The Morgan fingerprint density at radius 3 is 2.62 bits per heavy atom. The number of hydrogen-bond donors (Lipinski definition) is 2. The van der Waals surface area contributed by atoms with E-state index >= 15 is 0 Å². The number of carbonyl (C=O) groups excluding carboxylic acids is 1. The first-order valence-corrected chi connectivity index (χ1v) is 7.48. The van der Waals surface area contributed by atoms with Crippen LogP contribution < -0.4 is 10.1 Å². The van der Waals surface area contributed by atoms with Crippen LogP contribution in [0.1, 0.15) is 16.1 Å². The summed E-state index contributed by atoms with van der Waals surface area (Å²) >= 11 is 0. The van der Waals surface area contributed by atoms with Crippen LogP contribution >= 0.6 is 0 Å². The number of ether oxygens (including phenoxy) is 1. The molecule has 2 aromatic carbocycles. The van der Waals surface area contributed by atoms with Crippen LogP contribution in [0.25, 0.3) is 11.3 Å². The summed E-state index contributed by atoms with van der Waals surface area (Å²) in [6.45, 7) is -2.89. The minimum atomic E-state index is -2.89. The van der Waals surface area contributed by atoms with Crippen molar-refractivity contribution < 1.29 is 18.3 Å². The minimum Gasteiger partial charge on any atom is -0.435 e. The number of halogens is 2. The number of benzene rings is 2. The van der Waals surface area contributed by atoms with Crippen molar-refractivity contribution in [1.29, 1.82) is 5.26 Å². The van der Waals surface area contributed by atoms with E-state index in [1.54, 1.807) is 36.4 Å². The summed E-state index contributed by atoms with van der Waals surface area (Å²) in [6.07, 6.45) is 0. The monoisotopic (exact) mass is 354 g/mol. The molecule has 0 fully saturated rings. The van der Waals surface area contributed by atoms with E-state index in [2.05, 4.69) is 20.3 Å². The predicted molar refractivity (Wildman–Crippen MR) is 89.8 cm³/mol. The molecule has 0 aliphatic carbocycles. The molecule has 1 aromatic heterocycles. The standard InChI is InChI=1S/C18H12F2N4O2/c19-18(20)26-13-7-5-11(6-8-13)15-9-16(24-23-15)17(25)22-14-4-2-1-3-12(14)10-21/h1-9,18H,(H,22,25)(H,23,24). The molecule has 0 saturated carbocycles. The normalized spacial score (nSPS) is 10.4. The number of rotatable bonds is 5. The largest absolute Gasteiger partial charge is 0.435 e. The number of nitrogens with zero attached hydrogens (tertiary/aromatic N) is 2. The van der Waals surface area contributed by atoms with Gasteiger partial charge in [0.2, 0.25) is 0 Å². The maximum atomic E-state index is 12.3. The van der Waals surface area contributed by atoms with Gasteiger partial charge in [0.1, 0.15) is 17.5 Å². The molecule has 3 rings (SSSR count).